The van der Waals surface area contributed by atoms with Crippen LogP contribution in [0.5, 0.6) is 5.75 Å². The molecule has 2 aromatic heterocycles. The van der Waals surface area contributed by atoms with E-state index in [0.717, 1.165) is 6.42 Å². The average molecular weight is 371 g/mol. The normalized spacial score (nSPS) is 10.7. The van der Waals surface area contributed by atoms with Crippen LogP contribution in [0.1, 0.15) is 13.3 Å². The molecule has 0 unspecified atom stereocenters. The minimum atomic E-state index is -0.340. The fourth-order valence-corrected chi connectivity index (χ4v) is 2.68. The number of benzene rings is 1. The maximum absolute atomic E-state index is 12.4. The van der Waals surface area contributed by atoms with Gasteiger partial charge >= 0.3 is 0 Å². The molecule has 3 rings (SSSR count). The van der Waals surface area contributed by atoms with Crippen molar-refractivity contribution in [2.24, 2.45) is 0 Å². The summed E-state index contributed by atoms with van der Waals surface area (Å²) in [6, 6.07) is 5.14. The third-order valence-corrected chi connectivity index (χ3v) is 4.11. The van der Waals surface area contributed by atoms with Crippen molar-refractivity contribution in [3.05, 3.63) is 34.7 Å². The molecule has 0 saturated heterocycles. The van der Waals surface area contributed by atoms with Crippen LogP contribution in [0, 0.1) is 0 Å². The van der Waals surface area contributed by atoms with Gasteiger partial charge in [-0.2, -0.15) is 0 Å². The van der Waals surface area contributed by atoms with Crippen molar-refractivity contribution < 1.29 is 9.53 Å². The summed E-state index contributed by atoms with van der Waals surface area (Å²) in [5, 5.41) is 3.42. The zero-order valence-corrected chi connectivity index (χ0v) is 15.1. The molecular weight excluding hydrogens is 354 g/mol. The van der Waals surface area contributed by atoms with Crippen molar-refractivity contribution in [3.63, 3.8) is 0 Å². The summed E-state index contributed by atoms with van der Waals surface area (Å²) in [5.41, 5.74) is 1.09. The second-order valence-corrected chi connectivity index (χ2v) is 6.10. The van der Waals surface area contributed by atoms with E-state index in [1.807, 2.05) is 13.2 Å². The number of H-pyrrole nitrogens is 1. The summed E-state index contributed by atoms with van der Waals surface area (Å²) in [6.45, 7) is 2.52. The number of anilines is 1. The number of hydrogen-bond acceptors (Lipinski definition) is 7. The van der Waals surface area contributed by atoms with E-state index in [4.69, 9.17) is 4.74 Å². The predicted molar refractivity (Wildman–Crippen MR) is 101 cm³/mol. The van der Waals surface area contributed by atoms with E-state index in [-0.39, 0.29) is 5.56 Å². The van der Waals surface area contributed by atoms with Crippen molar-refractivity contribution >= 4 is 34.9 Å². The van der Waals surface area contributed by atoms with Crippen molar-refractivity contribution in [1.29, 1.82) is 0 Å². The molecule has 0 atom stereocenters. The van der Waals surface area contributed by atoms with Gasteiger partial charge in [0, 0.05) is 11.9 Å². The molecule has 0 saturated carbocycles. The Hall–Kier alpha value is -2.94. The summed E-state index contributed by atoms with van der Waals surface area (Å²) in [5.74, 6) is 0.874. The second-order valence-electron chi connectivity index (χ2n) is 5.33. The van der Waals surface area contributed by atoms with Gasteiger partial charge in [0.1, 0.15) is 17.0 Å². The Morgan fingerprint density at radius 3 is 2.92 bits per heavy atom. The Bertz CT molecular complexity index is 1010. The van der Waals surface area contributed by atoms with Crippen molar-refractivity contribution in [2.45, 2.75) is 18.5 Å². The molecular formula is C17H17N5O3S. The lowest BCUT2D eigenvalue weighted by molar-refractivity contribution is -0.105. The van der Waals surface area contributed by atoms with E-state index in [0.29, 0.717) is 52.0 Å². The van der Waals surface area contributed by atoms with Crippen LogP contribution in [0.2, 0.25) is 0 Å². The summed E-state index contributed by atoms with van der Waals surface area (Å²) in [4.78, 5) is 38.8. The lowest BCUT2D eigenvalue weighted by atomic mass is 10.1. The molecule has 1 amide bonds. The number of nitrogens with zero attached hydrogens (tertiary/aromatic N) is 3. The Balaban J connectivity index is 2.18. The van der Waals surface area contributed by atoms with E-state index in [1.165, 1.54) is 18.0 Å². The number of nitrogens with one attached hydrogen (secondary N) is 2. The fourth-order valence-electron chi connectivity index (χ4n) is 2.35. The Labute approximate surface area is 153 Å². The first-order chi connectivity index (χ1) is 12.7. The monoisotopic (exact) mass is 371 g/mol. The highest BCUT2D eigenvalue weighted by atomic mass is 32.2. The fraction of sp³-hybridized carbons (Fsp3) is 0.235. The molecule has 0 spiro atoms. The van der Waals surface area contributed by atoms with E-state index < -0.39 is 0 Å². The number of thioether (sulfide) groups is 1. The van der Waals surface area contributed by atoms with Crippen molar-refractivity contribution in [1.82, 2.24) is 19.9 Å². The van der Waals surface area contributed by atoms with Crippen LogP contribution in [0.3, 0.4) is 0 Å². The van der Waals surface area contributed by atoms with Gasteiger partial charge in [0.15, 0.2) is 10.8 Å². The molecule has 134 valence electrons. The largest absolute Gasteiger partial charge is 0.493 e. The molecule has 1 aromatic carbocycles. The number of aromatic amines is 1. The van der Waals surface area contributed by atoms with Crippen LogP contribution in [0.4, 0.5) is 5.69 Å². The van der Waals surface area contributed by atoms with E-state index in [2.05, 4.69) is 25.3 Å². The number of fused-ring (bicyclic) bond motifs is 1. The molecule has 2 N–H and O–H groups in total. The molecule has 2 heterocycles. The minimum Gasteiger partial charge on any atom is -0.493 e. The molecule has 0 bridgehead atoms. The molecule has 0 aliphatic carbocycles. The highest BCUT2D eigenvalue weighted by molar-refractivity contribution is 7.98. The molecule has 0 radical (unpaired) electrons. The van der Waals surface area contributed by atoms with Gasteiger partial charge in [-0.15, -0.1) is 0 Å². The van der Waals surface area contributed by atoms with Gasteiger partial charge < -0.3 is 15.0 Å². The zero-order valence-electron chi connectivity index (χ0n) is 14.3. The van der Waals surface area contributed by atoms with Gasteiger partial charge in [0.25, 0.3) is 5.56 Å². The van der Waals surface area contributed by atoms with Gasteiger partial charge in [0.2, 0.25) is 6.41 Å². The van der Waals surface area contributed by atoms with Crippen LogP contribution in [-0.4, -0.2) is 39.2 Å². The zero-order chi connectivity index (χ0) is 18.5. The van der Waals surface area contributed by atoms with Gasteiger partial charge in [-0.1, -0.05) is 18.7 Å². The summed E-state index contributed by atoms with van der Waals surface area (Å²) in [7, 11) is 0. The van der Waals surface area contributed by atoms with Crippen molar-refractivity contribution in [3.8, 4) is 17.1 Å². The first-order valence-corrected chi connectivity index (χ1v) is 9.17. The molecule has 0 fully saturated rings. The van der Waals surface area contributed by atoms with E-state index in [9.17, 15) is 9.59 Å². The summed E-state index contributed by atoms with van der Waals surface area (Å²) < 4.78 is 5.76. The second kappa shape index (κ2) is 7.96. The predicted octanol–water partition coefficient (Wildman–Crippen LogP) is 2.46. The Morgan fingerprint density at radius 2 is 2.19 bits per heavy atom. The maximum atomic E-state index is 12.4. The van der Waals surface area contributed by atoms with E-state index in [1.54, 1.807) is 18.2 Å². The molecule has 8 nitrogen and oxygen atoms in total. The Kier molecular flexibility index (Phi) is 5.47. The van der Waals surface area contributed by atoms with Gasteiger partial charge in [-0.25, -0.2) is 15.0 Å². The first kappa shape index (κ1) is 17.9. The number of rotatable bonds is 7. The molecule has 9 heteroatoms. The number of carbonyl (C=O) groups is 1. The summed E-state index contributed by atoms with van der Waals surface area (Å²) in [6.07, 6.45) is 4.73. The van der Waals surface area contributed by atoms with Crippen LogP contribution >= 0.6 is 11.8 Å². The van der Waals surface area contributed by atoms with Gasteiger partial charge in [-0.05, 0) is 30.9 Å². The number of ether oxygens (including phenoxy) is 1. The highest BCUT2D eigenvalue weighted by Crippen LogP contribution is 2.30. The highest BCUT2D eigenvalue weighted by Gasteiger charge is 2.14. The molecule has 0 aliphatic rings. The maximum Gasteiger partial charge on any atom is 0.262 e. The Morgan fingerprint density at radius 1 is 1.35 bits per heavy atom. The van der Waals surface area contributed by atoms with Crippen molar-refractivity contribution in [2.75, 3.05) is 18.2 Å². The quantitative estimate of drug-likeness (QED) is 0.373. The molecule has 26 heavy (non-hydrogen) atoms. The lowest BCUT2D eigenvalue weighted by Crippen LogP contribution is -2.12. The number of hydrogen-bond donors (Lipinski definition) is 2. The number of amides is 1. The van der Waals surface area contributed by atoms with Crippen LogP contribution in [0.25, 0.3) is 22.4 Å². The average Bonchev–Trinajstić information content (AvgIpc) is 2.66. The van der Waals surface area contributed by atoms with Gasteiger partial charge in [0.05, 0.1) is 12.2 Å². The van der Waals surface area contributed by atoms with E-state index >= 15 is 0 Å². The third kappa shape index (κ3) is 3.67. The molecule has 0 aliphatic heterocycles. The number of aromatic nitrogens is 4. The lowest BCUT2D eigenvalue weighted by Gasteiger charge is -2.12. The van der Waals surface area contributed by atoms with Crippen LogP contribution in [0.15, 0.2) is 34.3 Å². The topological polar surface area (TPSA) is 110 Å². The van der Waals surface area contributed by atoms with Gasteiger partial charge in [-0.3, -0.25) is 9.59 Å². The first-order valence-electron chi connectivity index (χ1n) is 7.94. The third-order valence-electron chi connectivity index (χ3n) is 3.55. The molecule has 3 aromatic rings. The standard InChI is InChI=1S/C17H17N5O3S/c1-3-6-25-13-5-4-10(19-9-23)7-11(13)14-20-15-12(16(24)21-14)8-18-17(22-15)26-2/h4-5,7-9H,3,6H2,1-2H3,(H,19,23)(H,18,20,21,22,24). The number of carbonyl (C=O) groups excluding carboxylic acids is 1. The summed E-state index contributed by atoms with van der Waals surface area (Å²) >= 11 is 1.37. The SMILES string of the molecule is CCCOc1ccc(NC=O)cc1-c1nc2nc(SC)ncc2c(=O)[nH]1. The van der Waals surface area contributed by atoms with Crippen LogP contribution < -0.4 is 15.6 Å². The minimum absolute atomic E-state index is 0.304. The smallest absolute Gasteiger partial charge is 0.262 e. The van der Waals surface area contributed by atoms with Crippen LogP contribution in [-0.2, 0) is 4.79 Å².